The number of allylic oxidation sites excluding steroid dienone is 1. The van der Waals surface area contributed by atoms with E-state index in [9.17, 15) is 4.79 Å². The molecule has 5 nitrogen and oxygen atoms in total. The second kappa shape index (κ2) is 10.4. The lowest BCUT2D eigenvalue weighted by molar-refractivity contribution is -0.228. The van der Waals surface area contributed by atoms with Crippen LogP contribution in [0.25, 0.3) is 0 Å². The van der Waals surface area contributed by atoms with E-state index in [4.69, 9.17) is 18.9 Å². The molecule has 0 radical (unpaired) electrons. The van der Waals surface area contributed by atoms with E-state index in [0.29, 0.717) is 19.8 Å². The van der Waals surface area contributed by atoms with Gasteiger partial charge in [-0.2, -0.15) is 0 Å². The van der Waals surface area contributed by atoms with E-state index in [0.717, 1.165) is 31.2 Å². The molecule has 0 N–H and O–H groups in total. The molecule has 6 heteroatoms. The quantitative estimate of drug-likeness (QED) is 0.180. The van der Waals surface area contributed by atoms with Gasteiger partial charge in [0.15, 0.2) is 5.79 Å². The Morgan fingerprint density at radius 3 is 2.69 bits per heavy atom. The summed E-state index contributed by atoms with van der Waals surface area (Å²) in [6.07, 6.45) is 9.78. The normalized spacial score (nSPS) is 31.5. The van der Waals surface area contributed by atoms with Crippen LogP contribution in [-0.2, 0) is 30.3 Å². The Morgan fingerprint density at radius 1 is 1.25 bits per heavy atom. The molecule has 1 unspecified atom stereocenters. The number of carbonyl (C=O) groups excluding carboxylic acids is 1. The Bertz CT molecular complexity index is 791. The highest BCUT2D eigenvalue weighted by Gasteiger charge is 2.74. The topological polar surface area (TPSA) is 54.0 Å². The molecule has 0 amide bonds. The minimum atomic E-state index is -0.707. The van der Waals surface area contributed by atoms with Gasteiger partial charge in [-0.15, -0.1) is 0 Å². The Labute approximate surface area is 200 Å². The lowest BCUT2D eigenvalue weighted by atomic mass is 9.83. The first-order chi connectivity index (χ1) is 15.5. The van der Waals surface area contributed by atoms with Gasteiger partial charge in [-0.25, -0.2) is 0 Å². The van der Waals surface area contributed by atoms with Crippen molar-refractivity contribution < 1.29 is 23.7 Å². The summed E-state index contributed by atoms with van der Waals surface area (Å²) < 4.78 is 25.3. The number of fused-ring (bicyclic) bond motifs is 3. The summed E-state index contributed by atoms with van der Waals surface area (Å²) in [7, 11) is 0. The van der Waals surface area contributed by atoms with Gasteiger partial charge in [0.2, 0.25) is 0 Å². The number of unbranched alkanes of at least 4 members (excludes halogenated alkanes) is 3. The molecular formula is C26H35BrO5. The van der Waals surface area contributed by atoms with Gasteiger partial charge in [-0.3, -0.25) is 4.79 Å². The molecule has 176 valence electrons. The van der Waals surface area contributed by atoms with E-state index >= 15 is 0 Å². The van der Waals surface area contributed by atoms with E-state index < -0.39 is 17.5 Å². The molecule has 5 atom stereocenters. The molecule has 1 saturated heterocycles. The molecule has 1 aromatic carbocycles. The van der Waals surface area contributed by atoms with Crippen LogP contribution < -0.4 is 0 Å². The molecule has 1 aromatic rings. The van der Waals surface area contributed by atoms with Crippen molar-refractivity contribution in [2.45, 2.75) is 81.3 Å². The monoisotopic (exact) mass is 506 g/mol. The van der Waals surface area contributed by atoms with Crippen LogP contribution in [0.15, 0.2) is 42.5 Å². The number of esters is 1. The molecule has 1 spiro atoms. The molecule has 2 bridgehead atoms. The average molecular weight is 507 g/mol. The van der Waals surface area contributed by atoms with Crippen molar-refractivity contribution in [3.8, 4) is 0 Å². The zero-order valence-electron chi connectivity index (χ0n) is 19.1. The predicted octanol–water partition coefficient (Wildman–Crippen LogP) is 5.56. The Morgan fingerprint density at radius 2 is 2.00 bits per heavy atom. The summed E-state index contributed by atoms with van der Waals surface area (Å²) in [6, 6.07) is 10.2. The number of benzene rings is 1. The smallest absolute Gasteiger partial charge is 0.303 e. The minimum Gasteiger partial charge on any atom is -0.455 e. The fourth-order valence-corrected chi connectivity index (χ4v) is 6.81. The van der Waals surface area contributed by atoms with Crippen LogP contribution in [-0.4, -0.2) is 41.5 Å². The third-order valence-electron chi connectivity index (χ3n) is 7.19. The molecule has 3 aliphatic rings. The first-order valence-electron chi connectivity index (χ1n) is 12.0. The van der Waals surface area contributed by atoms with E-state index in [1.54, 1.807) is 0 Å². The summed E-state index contributed by atoms with van der Waals surface area (Å²) >= 11 is 3.91. The van der Waals surface area contributed by atoms with E-state index in [2.05, 4.69) is 47.1 Å². The molecule has 2 aliphatic carbocycles. The third-order valence-corrected chi connectivity index (χ3v) is 8.20. The van der Waals surface area contributed by atoms with Gasteiger partial charge in [0.1, 0.15) is 11.7 Å². The summed E-state index contributed by atoms with van der Waals surface area (Å²) in [5.74, 6) is -0.866. The molecule has 1 aliphatic heterocycles. The molecule has 32 heavy (non-hydrogen) atoms. The molecule has 3 fully saturated rings. The fraction of sp³-hybridized carbons (Fsp3) is 0.654. The number of alkyl halides is 1. The maximum Gasteiger partial charge on any atom is 0.303 e. The second-order valence-corrected chi connectivity index (χ2v) is 10.4. The largest absolute Gasteiger partial charge is 0.455 e. The highest BCUT2D eigenvalue weighted by molar-refractivity contribution is 9.09. The minimum absolute atomic E-state index is 0.0276. The van der Waals surface area contributed by atoms with Crippen molar-refractivity contribution >= 4 is 21.9 Å². The molecule has 4 rings (SSSR count). The lowest BCUT2D eigenvalue weighted by Crippen LogP contribution is -2.53. The highest BCUT2D eigenvalue weighted by Crippen LogP contribution is 2.65. The van der Waals surface area contributed by atoms with Crippen molar-refractivity contribution in [2.75, 3.05) is 13.2 Å². The van der Waals surface area contributed by atoms with Crippen LogP contribution in [0.2, 0.25) is 0 Å². The number of rotatable bonds is 10. The average Bonchev–Trinajstić information content (AvgIpc) is 3.43. The van der Waals surface area contributed by atoms with Crippen molar-refractivity contribution in [3.05, 3.63) is 48.0 Å². The van der Waals surface area contributed by atoms with Crippen LogP contribution in [0.3, 0.4) is 0 Å². The van der Waals surface area contributed by atoms with Crippen LogP contribution in [0.4, 0.5) is 0 Å². The molecular weight excluding hydrogens is 472 g/mol. The SMILES string of the molecule is CCCCC/C=C\[C@@H](OC(C)=O)C1(OCc2ccccc2)[C@H]2CC3(OCCO3)[C@@H]1C[C@H]2Br. The lowest BCUT2D eigenvalue weighted by Gasteiger charge is -2.41. The molecule has 2 saturated carbocycles. The number of hydrogen-bond donors (Lipinski definition) is 0. The third kappa shape index (κ3) is 4.56. The van der Waals surface area contributed by atoms with Gasteiger partial charge in [0.25, 0.3) is 0 Å². The number of ether oxygens (including phenoxy) is 4. The zero-order valence-corrected chi connectivity index (χ0v) is 20.7. The van der Waals surface area contributed by atoms with Gasteiger partial charge in [-0.05, 0) is 30.9 Å². The van der Waals surface area contributed by atoms with E-state index in [1.807, 2.05) is 18.2 Å². The Balaban J connectivity index is 1.68. The standard InChI is InChI=1S/C26H35BrO5/c1-3-4-5-6-10-13-24(32-19(2)28)26(31-18-20-11-8-7-9-12-20)21-17-25(29-14-15-30-25)23(26)16-22(21)27/h7-13,21-24H,3-6,14-18H2,1-2H3/b13-10-/t21-,22+,23-,24+,26?/m0/s1. The Kier molecular flexibility index (Phi) is 7.76. The summed E-state index contributed by atoms with van der Waals surface area (Å²) in [5, 5.41) is 0. The van der Waals surface area contributed by atoms with E-state index in [1.165, 1.54) is 19.8 Å². The van der Waals surface area contributed by atoms with Gasteiger partial charge in [-0.1, -0.05) is 72.1 Å². The first kappa shape index (κ1) is 23.9. The number of halogens is 1. The maximum absolute atomic E-state index is 12.2. The van der Waals surface area contributed by atoms with Gasteiger partial charge < -0.3 is 18.9 Å². The van der Waals surface area contributed by atoms with Gasteiger partial charge in [0.05, 0.1) is 19.8 Å². The predicted molar refractivity (Wildman–Crippen MR) is 126 cm³/mol. The van der Waals surface area contributed by atoms with Crippen LogP contribution >= 0.6 is 15.9 Å². The fourth-order valence-electron chi connectivity index (χ4n) is 5.84. The van der Waals surface area contributed by atoms with Crippen molar-refractivity contribution in [1.82, 2.24) is 0 Å². The number of carbonyl (C=O) groups is 1. The second-order valence-electron chi connectivity index (χ2n) is 9.21. The van der Waals surface area contributed by atoms with E-state index in [-0.39, 0.29) is 22.6 Å². The maximum atomic E-state index is 12.2. The van der Waals surface area contributed by atoms with Gasteiger partial charge in [0, 0.05) is 30.0 Å². The summed E-state index contributed by atoms with van der Waals surface area (Å²) in [4.78, 5) is 12.5. The number of hydrogen-bond acceptors (Lipinski definition) is 5. The van der Waals surface area contributed by atoms with Crippen LogP contribution in [0, 0.1) is 11.8 Å². The van der Waals surface area contributed by atoms with Crippen molar-refractivity contribution in [2.24, 2.45) is 11.8 Å². The summed E-state index contributed by atoms with van der Waals surface area (Å²) in [6.45, 7) is 5.31. The first-order valence-corrected chi connectivity index (χ1v) is 12.9. The van der Waals surface area contributed by atoms with Crippen molar-refractivity contribution in [1.29, 1.82) is 0 Å². The summed E-state index contributed by atoms with van der Waals surface area (Å²) in [5.41, 5.74) is 0.390. The van der Waals surface area contributed by atoms with Crippen LogP contribution in [0.1, 0.15) is 57.9 Å². The zero-order chi connectivity index (χ0) is 22.6. The Hall–Kier alpha value is -1.21. The molecule has 0 aromatic heterocycles. The van der Waals surface area contributed by atoms with Gasteiger partial charge >= 0.3 is 5.97 Å². The van der Waals surface area contributed by atoms with Crippen LogP contribution in [0.5, 0.6) is 0 Å². The van der Waals surface area contributed by atoms with Crippen molar-refractivity contribution in [3.63, 3.8) is 0 Å². The molecule has 1 heterocycles. The highest BCUT2D eigenvalue weighted by atomic mass is 79.9.